The SMILES string of the molecule is CCCc1cc(-c2ccccc2)oc(=O)c1N=C(c1ccccc1)c1ccccc1. The van der Waals surface area contributed by atoms with Crippen molar-refractivity contribution in [3.8, 4) is 11.3 Å². The number of rotatable bonds is 6. The van der Waals surface area contributed by atoms with E-state index in [4.69, 9.17) is 9.41 Å². The van der Waals surface area contributed by atoms with Crippen LogP contribution in [0.15, 0.2) is 111 Å². The van der Waals surface area contributed by atoms with Crippen molar-refractivity contribution in [2.24, 2.45) is 4.99 Å². The lowest BCUT2D eigenvalue weighted by atomic mass is 10.0. The Morgan fingerprint density at radius 2 is 1.33 bits per heavy atom. The highest BCUT2D eigenvalue weighted by Gasteiger charge is 2.15. The number of aryl methyl sites for hydroxylation is 1. The molecule has 4 aromatic rings. The second-order valence-electron chi connectivity index (χ2n) is 7.08. The average Bonchev–Trinajstić information content (AvgIpc) is 2.80. The van der Waals surface area contributed by atoms with Crippen molar-refractivity contribution in [3.05, 3.63) is 124 Å². The van der Waals surface area contributed by atoms with E-state index in [1.165, 1.54) is 0 Å². The van der Waals surface area contributed by atoms with Crippen LogP contribution in [0.25, 0.3) is 11.3 Å². The quantitative estimate of drug-likeness (QED) is 0.354. The Hall–Kier alpha value is -3.72. The van der Waals surface area contributed by atoms with E-state index in [0.29, 0.717) is 11.4 Å². The van der Waals surface area contributed by atoms with Crippen molar-refractivity contribution in [1.82, 2.24) is 0 Å². The summed E-state index contributed by atoms with van der Waals surface area (Å²) in [5.74, 6) is 0.573. The minimum atomic E-state index is -0.413. The molecule has 148 valence electrons. The van der Waals surface area contributed by atoms with E-state index < -0.39 is 5.63 Å². The standard InChI is InChI=1S/C27H23NO2/c1-2-12-23-19-24(20-13-6-3-7-14-20)30-27(29)26(23)28-25(21-15-8-4-9-16-21)22-17-10-5-11-18-22/h3-11,13-19H,2,12H2,1H3. The predicted molar refractivity (Wildman–Crippen MR) is 123 cm³/mol. The molecule has 3 heteroatoms. The summed E-state index contributed by atoms with van der Waals surface area (Å²) < 4.78 is 5.69. The van der Waals surface area contributed by atoms with Crippen LogP contribution in [0.5, 0.6) is 0 Å². The molecule has 0 saturated carbocycles. The fraction of sp³-hybridized carbons (Fsp3) is 0.111. The van der Waals surface area contributed by atoms with Gasteiger partial charge < -0.3 is 4.42 Å². The van der Waals surface area contributed by atoms with Crippen LogP contribution in [0.3, 0.4) is 0 Å². The third kappa shape index (κ3) is 4.31. The molecule has 0 N–H and O–H groups in total. The van der Waals surface area contributed by atoms with Crippen molar-refractivity contribution in [2.75, 3.05) is 0 Å². The molecule has 0 aliphatic carbocycles. The first-order valence-corrected chi connectivity index (χ1v) is 10.2. The van der Waals surface area contributed by atoms with E-state index in [2.05, 4.69) is 6.92 Å². The Morgan fingerprint density at radius 1 is 0.800 bits per heavy atom. The highest BCUT2D eigenvalue weighted by atomic mass is 16.4. The number of hydrogen-bond donors (Lipinski definition) is 0. The first-order chi connectivity index (χ1) is 14.8. The molecule has 0 bridgehead atoms. The summed E-state index contributed by atoms with van der Waals surface area (Å²) in [5, 5.41) is 0. The summed E-state index contributed by atoms with van der Waals surface area (Å²) in [6, 6.07) is 31.5. The molecular formula is C27H23NO2. The first kappa shape index (κ1) is 19.6. The van der Waals surface area contributed by atoms with Crippen LogP contribution in [0.2, 0.25) is 0 Å². The van der Waals surface area contributed by atoms with Gasteiger partial charge in [0.2, 0.25) is 0 Å². The molecule has 0 aliphatic heterocycles. The Labute approximate surface area is 176 Å². The molecule has 0 radical (unpaired) electrons. The zero-order chi connectivity index (χ0) is 20.8. The Bertz CT molecular complexity index is 1150. The maximum atomic E-state index is 13.0. The first-order valence-electron chi connectivity index (χ1n) is 10.2. The molecular weight excluding hydrogens is 370 g/mol. The van der Waals surface area contributed by atoms with Gasteiger partial charge in [-0.25, -0.2) is 9.79 Å². The summed E-state index contributed by atoms with van der Waals surface area (Å²) in [4.78, 5) is 17.9. The van der Waals surface area contributed by atoms with Crippen LogP contribution in [-0.4, -0.2) is 5.71 Å². The van der Waals surface area contributed by atoms with Crippen LogP contribution in [0, 0.1) is 0 Å². The van der Waals surface area contributed by atoms with Gasteiger partial charge in [0.1, 0.15) is 5.76 Å². The molecule has 1 heterocycles. The fourth-order valence-corrected chi connectivity index (χ4v) is 3.46. The molecule has 0 atom stereocenters. The summed E-state index contributed by atoms with van der Waals surface area (Å²) >= 11 is 0. The van der Waals surface area contributed by atoms with Gasteiger partial charge in [0.05, 0.1) is 5.71 Å². The fourth-order valence-electron chi connectivity index (χ4n) is 3.46. The number of benzene rings is 3. The zero-order valence-corrected chi connectivity index (χ0v) is 16.9. The highest BCUT2D eigenvalue weighted by molar-refractivity contribution is 6.14. The second kappa shape index (κ2) is 9.19. The van der Waals surface area contributed by atoms with Crippen LogP contribution in [0.4, 0.5) is 5.69 Å². The minimum Gasteiger partial charge on any atom is -0.421 e. The number of aliphatic imine (C=N–C) groups is 1. The van der Waals surface area contributed by atoms with E-state index in [1.807, 2.05) is 97.1 Å². The largest absolute Gasteiger partial charge is 0.421 e. The Kier molecular flexibility index (Phi) is 6.00. The minimum absolute atomic E-state index is 0.374. The van der Waals surface area contributed by atoms with Gasteiger partial charge in [0.15, 0.2) is 5.69 Å². The van der Waals surface area contributed by atoms with Gasteiger partial charge in [-0.1, -0.05) is 104 Å². The van der Waals surface area contributed by atoms with Crippen molar-refractivity contribution in [3.63, 3.8) is 0 Å². The van der Waals surface area contributed by atoms with Gasteiger partial charge in [0.25, 0.3) is 0 Å². The third-order valence-corrected chi connectivity index (χ3v) is 4.90. The molecule has 0 aliphatic rings. The van der Waals surface area contributed by atoms with Crippen molar-refractivity contribution in [2.45, 2.75) is 19.8 Å². The monoisotopic (exact) mass is 393 g/mol. The smallest absolute Gasteiger partial charge is 0.362 e. The summed E-state index contributed by atoms with van der Waals surface area (Å²) in [5.41, 5.74) is 4.41. The average molecular weight is 393 g/mol. The van der Waals surface area contributed by atoms with Crippen molar-refractivity contribution < 1.29 is 4.42 Å². The highest BCUT2D eigenvalue weighted by Crippen LogP contribution is 2.26. The third-order valence-electron chi connectivity index (χ3n) is 4.90. The molecule has 3 nitrogen and oxygen atoms in total. The van der Waals surface area contributed by atoms with E-state index in [-0.39, 0.29) is 0 Å². The molecule has 4 rings (SSSR count). The van der Waals surface area contributed by atoms with Crippen LogP contribution in [-0.2, 0) is 6.42 Å². The molecule has 0 saturated heterocycles. The van der Waals surface area contributed by atoms with Gasteiger partial charge in [-0.3, -0.25) is 0 Å². The van der Waals surface area contributed by atoms with Crippen LogP contribution >= 0.6 is 0 Å². The van der Waals surface area contributed by atoms with Crippen LogP contribution < -0.4 is 5.63 Å². The number of hydrogen-bond acceptors (Lipinski definition) is 3. The van der Waals surface area contributed by atoms with Gasteiger partial charge in [-0.2, -0.15) is 0 Å². The molecule has 1 aromatic heterocycles. The molecule has 3 aromatic carbocycles. The molecule has 0 amide bonds. The van der Waals surface area contributed by atoms with Crippen LogP contribution in [0.1, 0.15) is 30.0 Å². The van der Waals surface area contributed by atoms with Gasteiger partial charge >= 0.3 is 5.63 Å². The van der Waals surface area contributed by atoms with Gasteiger partial charge in [-0.15, -0.1) is 0 Å². The molecule has 0 unspecified atom stereocenters. The summed E-state index contributed by atoms with van der Waals surface area (Å²) in [7, 11) is 0. The van der Waals surface area contributed by atoms with E-state index in [1.54, 1.807) is 0 Å². The normalized spacial score (nSPS) is 10.6. The lowest BCUT2D eigenvalue weighted by molar-refractivity contribution is 0.525. The maximum Gasteiger partial charge on any atom is 0.362 e. The predicted octanol–water partition coefficient (Wildman–Crippen LogP) is 6.43. The Morgan fingerprint density at radius 3 is 1.87 bits per heavy atom. The lowest BCUT2D eigenvalue weighted by Gasteiger charge is -2.11. The number of nitrogens with zero attached hydrogens (tertiary/aromatic N) is 1. The summed E-state index contributed by atoms with van der Waals surface area (Å²) in [6.07, 6.45) is 1.66. The van der Waals surface area contributed by atoms with Gasteiger partial charge in [-0.05, 0) is 18.1 Å². The van der Waals surface area contributed by atoms with Crippen molar-refractivity contribution in [1.29, 1.82) is 0 Å². The molecule has 30 heavy (non-hydrogen) atoms. The van der Waals surface area contributed by atoms with E-state index in [9.17, 15) is 4.79 Å². The maximum absolute atomic E-state index is 13.0. The van der Waals surface area contributed by atoms with Crippen molar-refractivity contribution >= 4 is 11.4 Å². The second-order valence-corrected chi connectivity index (χ2v) is 7.08. The zero-order valence-electron chi connectivity index (χ0n) is 16.9. The molecule has 0 spiro atoms. The van der Waals surface area contributed by atoms with E-state index in [0.717, 1.165) is 40.8 Å². The van der Waals surface area contributed by atoms with Gasteiger partial charge in [0, 0.05) is 16.7 Å². The lowest BCUT2D eigenvalue weighted by Crippen LogP contribution is -2.08. The van der Waals surface area contributed by atoms with E-state index >= 15 is 0 Å². The summed E-state index contributed by atoms with van der Waals surface area (Å²) in [6.45, 7) is 2.10. The topological polar surface area (TPSA) is 42.6 Å². The Balaban J connectivity index is 1.91. The molecule has 0 fully saturated rings.